The summed E-state index contributed by atoms with van der Waals surface area (Å²) in [5, 5.41) is 75.9. The lowest BCUT2D eigenvalue weighted by Gasteiger charge is -2.47. The highest BCUT2D eigenvalue weighted by atomic mass is 35.5. The third-order valence-electron chi connectivity index (χ3n) is 12.8. The molecule has 14 atom stereocenters. The molecule has 0 spiro atoms. The van der Waals surface area contributed by atoms with E-state index in [1.807, 2.05) is 32.9 Å². The number of aliphatic hydroxyl groups is 5. The van der Waals surface area contributed by atoms with E-state index in [-0.39, 0.29) is 41.8 Å². The highest BCUT2D eigenvalue weighted by molar-refractivity contribution is 6.39. The van der Waals surface area contributed by atoms with Crippen LogP contribution in [0.2, 0.25) is 10.0 Å². The summed E-state index contributed by atoms with van der Waals surface area (Å²) in [6.45, 7) is 16.3. The van der Waals surface area contributed by atoms with E-state index in [9.17, 15) is 50.1 Å². The molecule has 7 N–H and O–H groups in total. The summed E-state index contributed by atoms with van der Waals surface area (Å²) in [6, 6.07) is 0. The Hall–Kier alpha value is -3.89. The van der Waals surface area contributed by atoms with Crippen molar-refractivity contribution in [3.63, 3.8) is 0 Å². The Morgan fingerprint density at radius 1 is 0.915 bits per heavy atom. The number of hydrogen-bond acceptors (Lipinski definition) is 18. The van der Waals surface area contributed by atoms with Crippen LogP contribution >= 0.6 is 23.2 Å². The first kappa shape index (κ1) is 59.7. The fraction of sp³-hybridized carbons (Fsp3) is 0.627. The number of phenols is 2. The molecule has 71 heavy (non-hydrogen) atoms. The van der Waals surface area contributed by atoms with E-state index in [2.05, 4.69) is 0 Å². The van der Waals surface area contributed by atoms with Gasteiger partial charge in [0.05, 0.1) is 47.2 Å². The van der Waals surface area contributed by atoms with Crippen LogP contribution in [0.4, 0.5) is 0 Å². The molecular formula is C51H72Cl2O18. The third kappa shape index (κ3) is 14.7. The lowest BCUT2D eigenvalue weighted by molar-refractivity contribution is -0.333. The molecule has 4 rings (SSSR count). The molecule has 0 radical (unpaired) electrons. The fourth-order valence-electron chi connectivity index (χ4n) is 8.49. The monoisotopic (exact) mass is 1040 g/mol. The molecule has 18 nitrogen and oxygen atoms in total. The summed E-state index contributed by atoms with van der Waals surface area (Å²) in [7, 11) is 1.26. The number of aromatic hydroxyl groups is 2. The number of carbonyl (C=O) groups excluding carboxylic acids is 3. The van der Waals surface area contributed by atoms with Crippen LogP contribution in [0.1, 0.15) is 111 Å². The SMILES string of the molecule is CCC(=O)O[C@@H]1[C@@H](O[C@@H]2/C(C)=C/C(C)=C/C[C@H]([C@H](C)O)OC(=O)/C(CO[C@H]3O[C@H](C)[C@H](OC(=O)c4c(O)c(Cl)c(O)c(Cl)c4CC)[C@H](O)[C@H]3OC)=C\C=C\C[C@H](O)/C(C)=C/[C@H]2CC)OC(C)(C)[C@H](O)[C@H]1O. The number of esters is 3. The van der Waals surface area contributed by atoms with Gasteiger partial charge < -0.3 is 73.6 Å². The molecule has 2 fully saturated rings. The maximum absolute atomic E-state index is 14.0. The number of rotatable bonds is 13. The second-order valence-corrected chi connectivity index (χ2v) is 19.4. The standard InChI is InChI=1S/C51H72Cl2O18/c1-12-29-22-25(5)32(55)18-16-15-17-30(23-65-49-44(64-11)40(59)43(28(8)66-49)69-48(63)35-31(13-2)36(52)39(58)37(53)38(35)57)47(62)67-33(27(7)54)20-19-24(4)21-26(6)42(29)70-50-45(68-34(56)14-3)41(60)46(61)51(9,10)71-50/h15-17,19,21-22,27-29,32-33,40-46,49-50,54-55,57-61H,12-14,18,20,23H2,1-11H3/b16-15+,24-19+,25-22+,26-21+,30-17-/t27-,28+,29+,32-,33+,40-,41-,42+,43-,44+,45-,46+,49-,50-/m0/s1. The van der Waals surface area contributed by atoms with E-state index in [0.717, 1.165) is 0 Å². The number of hydrogen-bond donors (Lipinski definition) is 7. The summed E-state index contributed by atoms with van der Waals surface area (Å²) in [6.07, 6.45) is -5.38. The zero-order chi connectivity index (χ0) is 53.2. The van der Waals surface area contributed by atoms with Gasteiger partial charge in [-0.1, -0.05) is 79.9 Å². The average molecular weight is 1040 g/mol. The smallest absolute Gasteiger partial charge is 0.342 e. The number of ether oxygens (including phenoxy) is 8. The number of allylic oxidation sites excluding steroid dienone is 4. The van der Waals surface area contributed by atoms with Gasteiger partial charge in [-0.3, -0.25) is 4.79 Å². The van der Waals surface area contributed by atoms with Crippen molar-refractivity contribution >= 4 is 41.1 Å². The zero-order valence-corrected chi connectivity index (χ0v) is 43.7. The van der Waals surface area contributed by atoms with Crippen LogP contribution < -0.4 is 0 Å². The summed E-state index contributed by atoms with van der Waals surface area (Å²) in [4.78, 5) is 40.0. The van der Waals surface area contributed by atoms with Crippen LogP contribution in [0.3, 0.4) is 0 Å². The van der Waals surface area contributed by atoms with E-state index in [1.54, 1.807) is 46.8 Å². The Morgan fingerprint density at radius 2 is 1.59 bits per heavy atom. The highest BCUT2D eigenvalue weighted by Crippen LogP contribution is 2.45. The predicted molar refractivity (Wildman–Crippen MR) is 261 cm³/mol. The molecule has 3 aliphatic heterocycles. The quantitative estimate of drug-likeness (QED) is 0.0680. The maximum atomic E-state index is 14.0. The predicted octanol–water partition coefficient (Wildman–Crippen LogP) is 5.99. The number of methoxy groups -OCH3 is 1. The second kappa shape index (κ2) is 26.4. The minimum atomic E-state index is -1.57. The van der Waals surface area contributed by atoms with Gasteiger partial charge in [-0.25, -0.2) is 9.59 Å². The van der Waals surface area contributed by atoms with E-state index in [1.165, 1.54) is 33.1 Å². The van der Waals surface area contributed by atoms with Crippen LogP contribution in [0.15, 0.2) is 58.7 Å². The van der Waals surface area contributed by atoms with Gasteiger partial charge in [0.1, 0.15) is 41.1 Å². The lowest BCUT2D eigenvalue weighted by atomic mass is 9.88. The van der Waals surface area contributed by atoms with Gasteiger partial charge >= 0.3 is 17.9 Å². The number of carbonyl (C=O) groups is 3. The number of cyclic esters (lactones) is 1. The number of aliphatic hydroxyl groups excluding tert-OH is 5. The minimum Gasteiger partial charge on any atom is -0.505 e. The van der Waals surface area contributed by atoms with Crippen molar-refractivity contribution in [2.24, 2.45) is 5.92 Å². The molecule has 0 unspecified atom stereocenters. The molecule has 0 aliphatic carbocycles. The Labute approximate surface area is 425 Å². The summed E-state index contributed by atoms with van der Waals surface area (Å²) in [5.41, 5.74) is 0.292. The molecule has 0 amide bonds. The van der Waals surface area contributed by atoms with Crippen molar-refractivity contribution in [3.8, 4) is 11.5 Å². The molecule has 1 aromatic carbocycles. The van der Waals surface area contributed by atoms with Crippen molar-refractivity contribution in [1.29, 1.82) is 0 Å². The molecule has 0 aromatic heterocycles. The first-order valence-corrected chi connectivity index (χ1v) is 24.5. The highest BCUT2D eigenvalue weighted by Gasteiger charge is 2.52. The molecule has 398 valence electrons. The van der Waals surface area contributed by atoms with Gasteiger partial charge in [0.25, 0.3) is 0 Å². The molecule has 1 aromatic rings. The molecule has 20 heteroatoms. The van der Waals surface area contributed by atoms with E-state index < -0.39 is 138 Å². The van der Waals surface area contributed by atoms with Gasteiger partial charge in [0, 0.05) is 25.9 Å². The summed E-state index contributed by atoms with van der Waals surface area (Å²) in [5.74, 6) is -4.37. The van der Waals surface area contributed by atoms with Gasteiger partial charge in [0.15, 0.2) is 36.3 Å². The Morgan fingerprint density at radius 3 is 2.20 bits per heavy atom. The van der Waals surface area contributed by atoms with Crippen LogP contribution in [0, 0.1) is 5.92 Å². The van der Waals surface area contributed by atoms with Crippen molar-refractivity contribution in [2.45, 2.75) is 187 Å². The topological polar surface area (TPSA) is 267 Å². The van der Waals surface area contributed by atoms with Crippen molar-refractivity contribution < 1.29 is 88.0 Å². The molecule has 0 bridgehead atoms. The van der Waals surface area contributed by atoms with Crippen LogP contribution in [-0.2, 0) is 53.9 Å². The Bertz CT molecular complexity index is 2180. The zero-order valence-electron chi connectivity index (χ0n) is 42.2. The number of phenolic OH excluding ortho intramolecular Hbond substituents is 2. The first-order valence-electron chi connectivity index (χ1n) is 23.8. The van der Waals surface area contributed by atoms with E-state index in [0.29, 0.717) is 23.1 Å². The average Bonchev–Trinajstić information content (AvgIpc) is 3.32. The number of halogens is 2. The van der Waals surface area contributed by atoms with Crippen molar-refractivity contribution in [1.82, 2.24) is 0 Å². The minimum absolute atomic E-state index is 0.00478. The van der Waals surface area contributed by atoms with Gasteiger partial charge in [-0.05, 0) is 90.5 Å². The van der Waals surface area contributed by atoms with Gasteiger partial charge in [-0.15, -0.1) is 0 Å². The number of benzene rings is 1. The van der Waals surface area contributed by atoms with E-state index >= 15 is 0 Å². The van der Waals surface area contributed by atoms with Crippen molar-refractivity contribution in [2.75, 3.05) is 13.7 Å². The van der Waals surface area contributed by atoms with Gasteiger partial charge in [0.2, 0.25) is 0 Å². The normalized spacial score (nSPS) is 35.1. The Balaban J connectivity index is 1.63. The maximum Gasteiger partial charge on any atom is 0.342 e. The Kier molecular flexibility index (Phi) is 22.2. The third-order valence-corrected chi connectivity index (χ3v) is 13.6. The molecular weight excluding hydrogens is 971 g/mol. The van der Waals surface area contributed by atoms with Crippen LogP contribution in [-0.4, -0.2) is 153 Å². The van der Waals surface area contributed by atoms with Crippen LogP contribution in [0.5, 0.6) is 11.5 Å². The molecule has 3 heterocycles. The molecule has 2 saturated heterocycles. The van der Waals surface area contributed by atoms with E-state index in [4.69, 9.17) is 61.1 Å². The molecule has 0 saturated carbocycles. The van der Waals surface area contributed by atoms with Crippen molar-refractivity contribution in [3.05, 3.63) is 79.9 Å². The lowest BCUT2D eigenvalue weighted by Crippen LogP contribution is -2.64. The largest absolute Gasteiger partial charge is 0.505 e. The molecule has 3 aliphatic rings. The fourth-order valence-corrected chi connectivity index (χ4v) is 9.05. The van der Waals surface area contributed by atoms with Crippen LogP contribution in [0.25, 0.3) is 0 Å². The summed E-state index contributed by atoms with van der Waals surface area (Å²) < 4.78 is 47.6. The second-order valence-electron chi connectivity index (χ2n) is 18.6. The first-order chi connectivity index (χ1) is 33.3. The van der Waals surface area contributed by atoms with Gasteiger partial charge in [-0.2, -0.15) is 0 Å². The summed E-state index contributed by atoms with van der Waals surface area (Å²) >= 11 is 12.3.